The zero-order valence-electron chi connectivity index (χ0n) is 55.6. The maximum atomic E-state index is 12.0. The predicted molar refractivity (Wildman–Crippen MR) is 370 cm³/mol. The van der Waals surface area contributed by atoms with E-state index < -0.39 is 34.5 Å². The van der Waals surface area contributed by atoms with E-state index in [1.807, 2.05) is 83.1 Å². The zero-order valence-corrected chi connectivity index (χ0v) is 55.6. The Hall–Kier alpha value is -12.8. The van der Waals surface area contributed by atoms with E-state index in [-0.39, 0.29) is 49.5 Å². The molecule has 0 atom stereocenters. The first-order chi connectivity index (χ1) is 47.1. The molecular formula is C70H72F6N14O10. The average molecular weight is 1380 g/mol. The smallest absolute Gasteiger partial charge is 0.367 e. The van der Waals surface area contributed by atoms with E-state index in [2.05, 4.69) is 70.5 Å². The average Bonchev–Trinajstić information content (AvgIpc) is 0.859. The summed E-state index contributed by atoms with van der Waals surface area (Å²) in [5.41, 5.74) is 5.85. The lowest BCUT2D eigenvalue weighted by Gasteiger charge is -2.04. The van der Waals surface area contributed by atoms with Gasteiger partial charge in [0, 0.05) is 155 Å². The summed E-state index contributed by atoms with van der Waals surface area (Å²) in [5.74, 6) is 0. The fraction of sp³-hybridized carbons (Fsp3) is 0.171. The molecule has 1 aromatic carbocycles. The third-order valence-corrected chi connectivity index (χ3v) is 12.3. The second kappa shape index (κ2) is 41.3. The Balaban J connectivity index is 0.000000292. The van der Waals surface area contributed by atoms with Gasteiger partial charge in [0.05, 0.1) is 23.3 Å². The van der Waals surface area contributed by atoms with Crippen LogP contribution in [0.4, 0.5) is 26.3 Å². The largest absolute Gasteiger partial charge is 0.421 e. The number of aromatic amines is 10. The number of halogens is 6. The van der Waals surface area contributed by atoms with Crippen LogP contribution in [0.15, 0.2) is 243 Å². The zero-order chi connectivity index (χ0) is 74.5. The molecule has 10 N–H and O–H groups in total. The molecule has 0 amide bonds. The van der Waals surface area contributed by atoms with Crippen molar-refractivity contribution >= 4 is 0 Å². The van der Waals surface area contributed by atoms with Gasteiger partial charge in [0.25, 0.3) is 27.8 Å². The van der Waals surface area contributed by atoms with Crippen molar-refractivity contribution in [1.29, 1.82) is 0 Å². The number of H-pyrrole nitrogens is 10. The molecule has 0 bridgehead atoms. The van der Waals surface area contributed by atoms with Gasteiger partial charge in [-0.25, -0.2) is 15.3 Å². The number of nitrogens with zero attached hydrogens (tertiary/aromatic N) is 4. The van der Waals surface area contributed by atoms with Crippen molar-refractivity contribution in [3.05, 3.63) is 366 Å². The highest BCUT2D eigenvalue weighted by Gasteiger charge is 2.34. The summed E-state index contributed by atoms with van der Waals surface area (Å²) in [4.78, 5) is 130. The second-order valence-electron chi connectivity index (χ2n) is 21.0. The van der Waals surface area contributed by atoms with Gasteiger partial charge in [-0.1, -0.05) is 42.5 Å². The predicted octanol–water partition coefficient (Wildman–Crippen LogP) is 9.78. The molecule has 12 rings (SSSR count). The molecule has 524 valence electrons. The van der Waals surface area contributed by atoms with Gasteiger partial charge in [-0.15, -0.1) is 0 Å². The van der Waals surface area contributed by atoms with Crippen LogP contribution < -0.4 is 54.9 Å². The molecule has 0 unspecified atom stereocenters. The van der Waals surface area contributed by atoms with Gasteiger partial charge < -0.3 is 34.9 Å². The summed E-state index contributed by atoms with van der Waals surface area (Å²) in [6.45, 7) is 17.4. The minimum atomic E-state index is -4.57. The number of hydrogen-bond acceptors (Lipinski definition) is 14. The molecular weight excluding hydrogens is 1310 g/mol. The molecule has 0 radical (unpaired) electrons. The first kappa shape index (κ1) is 81.5. The molecule has 0 saturated heterocycles. The van der Waals surface area contributed by atoms with Gasteiger partial charge in [0.2, 0.25) is 0 Å². The highest BCUT2D eigenvalue weighted by molar-refractivity contribution is 5.58. The van der Waals surface area contributed by atoms with Crippen LogP contribution in [0.5, 0.6) is 0 Å². The number of aromatic nitrogens is 14. The summed E-state index contributed by atoms with van der Waals surface area (Å²) in [7, 11) is 0. The first-order valence-corrected chi connectivity index (χ1v) is 29.5. The van der Waals surface area contributed by atoms with E-state index in [0.717, 1.165) is 68.2 Å². The molecule has 100 heavy (non-hydrogen) atoms. The van der Waals surface area contributed by atoms with Gasteiger partial charge in [-0.3, -0.25) is 52.9 Å². The maximum absolute atomic E-state index is 12.0. The Labute approximate surface area is 564 Å². The number of hydrogen-bond donors (Lipinski definition) is 10. The van der Waals surface area contributed by atoms with Crippen LogP contribution in [0, 0.1) is 69.2 Å². The first-order valence-electron chi connectivity index (χ1n) is 29.5. The minimum Gasteiger partial charge on any atom is -0.367 e. The molecule has 0 saturated carbocycles. The lowest BCUT2D eigenvalue weighted by Crippen LogP contribution is -2.21. The van der Waals surface area contributed by atoms with E-state index >= 15 is 0 Å². The second-order valence-corrected chi connectivity index (χ2v) is 21.0. The summed E-state index contributed by atoms with van der Waals surface area (Å²) in [6, 6.07) is 38.1. The number of aryl methyl sites for hydroxylation is 10. The molecule has 0 aliphatic heterocycles. The van der Waals surface area contributed by atoms with Crippen LogP contribution in [-0.2, 0) is 12.4 Å². The van der Waals surface area contributed by atoms with Crippen LogP contribution in [0.1, 0.15) is 67.4 Å². The lowest BCUT2D eigenvalue weighted by molar-refractivity contribution is -0.139. The van der Waals surface area contributed by atoms with Gasteiger partial charge >= 0.3 is 12.4 Å². The molecule has 0 fully saturated rings. The number of alkyl halides is 6. The Morgan fingerprint density at radius 1 is 0.390 bits per heavy atom. The Kier molecular flexibility index (Phi) is 33.6. The molecule has 24 nitrogen and oxygen atoms in total. The third-order valence-electron chi connectivity index (χ3n) is 12.3. The fourth-order valence-corrected chi connectivity index (χ4v) is 7.26. The quantitative estimate of drug-likeness (QED) is 0.0720. The summed E-state index contributed by atoms with van der Waals surface area (Å²) in [5, 5.41) is 17.5. The number of rotatable bonds is 2. The molecule has 0 aliphatic rings. The monoisotopic (exact) mass is 1380 g/mol. The van der Waals surface area contributed by atoms with Crippen LogP contribution in [-0.4, -0.2) is 70.5 Å². The normalized spacial score (nSPS) is 10.0. The summed E-state index contributed by atoms with van der Waals surface area (Å²) >= 11 is 0. The van der Waals surface area contributed by atoms with Crippen molar-refractivity contribution in [3.8, 4) is 22.6 Å². The van der Waals surface area contributed by atoms with Crippen molar-refractivity contribution in [2.75, 3.05) is 0 Å². The molecule has 30 heteroatoms. The molecule has 12 aromatic rings. The van der Waals surface area contributed by atoms with Gasteiger partial charge in [0.15, 0.2) is 27.1 Å². The Morgan fingerprint density at radius 2 is 1.01 bits per heavy atom. The molecule has 11 aromatic heterocycles. The van der Waals surface area contributed by atoms with Gasteiger partial charge in [-0.05, 0) is 123 Å². The summed E-state index contributed by atoms with van der Waals surface area (Å²) in [6.07, 6.45) is 4.17. The molecule has 0 spiro atoms. The van der Waals surface area contributed by atoms with Crippen LogP contribution >= 0.6 is 0 Å². The number of pyridine rings is 8. The van der Waals surface area contributed by atoms with Crippen LogP contribution in [0.25, 0.3) is 22.6 Å². The minimum absolute atomic E-state index is 0.00176. The summed E-state index contributed by atoms with van der Waals surface area (Å²) < 4.78 is 71.9. The van der Waals surface area contributed by atoms with Crippen molar-refractivity contribution in [2.45, 2.75) is 81.6 Å². The standard InChI is InChI=1S/C12H11NO.C11H10N2O.2C7H6F3NO.3C6H7NO.3C5H6N2O/c1-9-7-11(14)8-12(13-9)10-5-3-2-4-6-10;1-8-6-9(14)7-11(13-8)10-4-2-3-5-12-10;1-4-2-11-3-5(6(4)12)7(8,9)10;1-4-2-3-5(6(12)11-4)7(8,9)10;1-5-4-7-3-2-6(5)8;1-5-4-6(8)2-3-7-5;1-5-3-2-4-7-6(5)8;1-4-2-5(8)7-6-3-4;1-4-2-3-6-7-5(4)8;1-4-2-3-5(8)7-6-4/h2-8H,1H3,(H,13,14);2-7H,1H3,(H,13,14);2*2-3H,1H3,(H,11,12);3*2-4H,1H3,(H,7,8);3*2-3H,1H3,(H,7,8). The number of nitrogens with one attached hydrogen (secondary N) is 10. The van der Waals surface area contributed by atoms with Crippen molar-refractivity contribution in [3.63, 3.8) is 0 Å². The number of benzene rings is 1. The third kappa shape index (κ3) is 32.1. The van der Waals surface area contributed by atoms with E-state index in [4.69, 9.17) is 0 Å². The lowest BCUT2D eigenvalue weighted by atomic mass is 10.1. The van der Waals surface area contributed by atoms with Crippen molar-refractivity contribution < 1.29 is 26.3 Å². The van der Waals surface area contributed by atoms with Crippen molar-refractivity contribution in [1.82, 2.24) is 70.5 Å². The van der Waals surface area contributed by atoms with Crippen LogP contribution in [0.3, 0.4) is 0 Å². The van der Waals surface area contributed by atoms with E-state index in [1.165, 1.54) is 50.4 Å². The molecule has 11 heterocycles. The Morgan fingerprint density at radius 3 is 1.45 bits per heavy atom. The Bertz CT molecular complexity index is 4830. The fourth-order valence-electron chi connectivity index (χ4n) is 7.26. The molecule has 0 aliphatic carbocycles. The van der Waals surface area contributed by atoms with Gasteiger partial charge in [0.1, 0.15) is 11.1 Å². The SMILES string of the molecule is Cc1c[nH]cc(C(F)(F)F)c1=O.Cc1c[nH]ccc1=O.Cc1cc(=O)cc(-c2ccccc2)[nH]1.Cc1cc(=O)cc(-c2ccccn2)[nH]1.Cc1cc(=O)cc[nH]1.Cc1ccc(=O)[nH]n1.Cc1ccc(C(F)(F)F)c(=O)[nH]1.Cc1ccc[nH]c1=O.Cc1ccn[nH]c1=O.Cc1cn[nH]c(=O)c1. The van der Waals surface area contributed by atoms with Crippen LogP contribution in [0.2, 0.25) is 0 Å². The topological polar surface area (TPSA) is 380 Å². The maximum Gasteiger partial charge on any atom is 0.421 e. The highest BCUT2D eigenvalue weighted by Crippen LogP contribution is 2.27. The van der Waals surface area contributed by atoms with E-state index in [9.17, 15) is 74.3 Å². The highest BCUT2D eigenvalue weighted by atomic mass is 19.4. The van der Waals surface area contributed by atoms with Crippen molar-refractivity contribution in [2.24, 2.45) is 0 Å². The van der Waals surface area contributed by atoms with E-state index in [0.29, 0.717) is 17.5 Å². The van der Waals surface area contributed by atoms with Gasteiger partial charge in [-0.2, -0.15) is 41.6 Å². The van der Waals surface area contributed by atoms with E-state index in [1.54, 1.807) is 119 Å².